The van der Waals surface area contributed by atoms with E-state index in [9.17, 15) is 9.59 Å². The summed E-state index contributed by atoms with van der Waals surface area (Å²) in [5.41, 5.74) is 0.624. The highest BCUT2D eigenvalue weighted by Gasteiger charge is 2.25. The Morgan fingerprint density at radius 2 is 1.95 bits per heavy atom. The third-order valence-electron chi connectivity index (χ3n) is 3.40. The summed E-state index contributed by atoms with van der Waals surface area (Å²) in [6.07, 6.45) is 1.51. The number of amides is 2. The molecule has 1 aromatic carbocycles. The van der Waals surface area contributed by atoms with Crippen molar-refractivity contribution in [2.45, 2.75) is 23.8 Å². The summed E-state index contributed by atoms with van der Waals surface area (Å²) in [7, 11) is 0. The predicted octanol–water partition coefficient (Wildman–Crippen LogP) is 1.93. The summed E-state index contributed by atoms with van der Waals surface area (Å²) in [6, 6.07) is 7.39. The Bertz CT molecular complexity index is 502. The van der Waals surface area contributed by atoms with Crippen molar-refractivity contribution in [3.05, 3.63) is 29.8 Å². The monoisotopic (exact) mass is 312 g/mol. The number of likely N-dealkylation sites (tertiary alicyclic amines) is 1. The number of alkyl halides is 1. The minimum atomic E-state index is -0.155. The maximum atomic E-state index is 12.4. The molecule has 20 heavy (non-hydrogen) atoms. The van der Waals surface area contributed by atoms with E-state index in [1.165, 1.54) is 0 Å². The number of hydrogen-bond acceptors (Lipinski definition) is 3. The molecule has 4 nitrogen and oxygen atoms in total. The Hall–Kier alpha value is -1.20. The van der Waals surface area contributed by atoms with Crippen LogP contribution < -0.4 is 5.32 Å². The largest absolute Gasteiger partial charge is 0.352 e. The molecule has 1 aromatic rings. The van der Waals surface area contributed by atoms with Crippen LogP contribution in [0.4, 0.5) is 0 Å². The number of hydrogen-bond donors (Lipinski definition) is 2. The molecule has 0 saturated carbocycles. The van der Waals surface area contributed by atoms with E-state index in [-0.39, 0.29) is 23.7 Å². The zero-order valence-corrected chi connectivity index (χ0v) is 12.7. The number of carbonyl (C=O) groups is 2. The van der Waals surface area contributed by atoms with Crippen molar-refractivity contribution in [2.24, 2.45) is 0 Å². The van der Waals surface area contributed by atoms with Crippen LogP contribution in [0.1, 0.15) is 23.2 Å². The van der Waals surface area contributed by atoms with Gasteiger partial charge in [-0.1, -0.05) is 12.1 Å². The van der Waals surface area contributed by atoms with Gasteiger partial charge in [-0.3, -0.25) is 9.59 Å². The third kappa shape index (κ3) is 3.67. The summed E-state index contributed by atoms with van der Waals surface area (Å²) < 4.78 is 0. The summed E-state index contributed by atoms with van der Waals surface area (Å²) in [6.45, 7) is 1.27. The van der Waals surface area contributed by atoms with Crippen molar-refractivity contribution in [1.29, 1.82) is 0 Å². The molecule has 0 atom stereocenters. The van der Waals surface area contributed by atoms with Crippen LogP contribution in [0.2, 0.25) is 0 Å². The number of nitrogens with one attached hydrogen (secondary N) is 1. The fourth-order valence-corrected chi connectivity index (χ4v) is 2.65. The molecule has 1 saturated heterocycles. The smallest absolute Gasteiger partial charge is 0.254 e. The topological polar surface area (TPSA) is 49.4 Å². The van der Waals surface area contributed by atoms with E-state index in [1.54, 1.807) is 11.0 Å². The number of carbonyl (C=O) groups excluding carboxylic acids is 2. The lowest BCUT2D eigenvalue weighted by atomic mass is 10.0. The molecule has 108 valence electrons. The van der Waals surface area contributed by atoms with Gasteiger partial charge in [0.2, 0.25) is 5.91 Å². The van der Waals surface area contributed by atoms with Gasteiger partial charge >= 0.3 is 0 Å². The molecule has 0 aromatic heterocycles. The maximum Gasteiger partial charge on any atom is 0.254 e. The van der Waals surface area contributed by atoms with Crippen LogP contribution >= 0.6 is 24.2 Å². The van der Waals surface area contributed by atoms with E-state index >= 15 is 0 Å². The van der Waals surface area contributed by atoms with Crippen molar-refractivity contribution in [3.63, 3.8) is 0 Å². The van der Waals surface area contributed by atoms with Gasteiger partial charge in [-0.05, 0) is 25.0 Å². The second-order valence-electron chi connectivity index (χ2n) is 4.78. The van der Waals surface area contributed by atoms with Gasteiger partial charge < -0.3 is 10.2 Å². The average Bonchev–Trinajstić information content (AvgIpc) is 2.47. The molecule has 1 aliphatic rings. The lowest BCUT2D eigenvalue weighted by Gasteiger charge is -2.32. The average molecular weight is 313 g/mol. The Kier molecular flexibility index (Phi) is 5.31. The molecule has 0 bridgehead atoms. The van der Waals surface area contributed by atoms with Crippen LogP contribution in [-0.4, -0.2) is 41.7 Å². The SMILES string of the molecule is O=C(CCl)NC1CCN(C(=O)c2ccccc2S)CC1. The summed E-state index contributed by atoms with van der Waals surface area (Å²) in [5, 5.41) is 2.86. The molecular weight excluding hydrogens is 296 g/mol. The molecule has 0 radical (unpaired) electrons. The first-order valence-electron chi connectivity index (χ1n) is 6.54. The fourth-order valence-electron chi connectivity index (χ4n) is 2.32. The minimum Gasteiger partial charge on any atom is -0.352 e. The molecule has 1 aliphatic heterocycles. The minimum absolute atomic E-state index is 0.00211. The molecule has 1 heterocycles. The number of benzene rings is 1. The van der Waals surface area contributed by atoms with Crippen LogP contribution in [0.25, 0.3) is 0 Å². The second kappa shape index (κ2) is 6.99. The highest BCUT2D eigenvalue weighted by molar-refractivity contribution is 7.80. The van der Waals surface area contributed by atoms with Crippen molar-refractivity contribution in [3.8, 4) is 0 Å². The number of thiol groups is 1. The first-order valence-corrected chi connectivity index (χ1v) is 7.52. The first kappa shape index (κ1) is 15.2. The van der Waals surface area contributed by atoms with E-state index in [0.717, 1.165) is 12.8 Å². The van der Waals surface area contributed by atoms with Crippen LogP contribution in [0, 0.1) is 0 Å². The molecule has 0 aliphatic carbocycles. The molecule has 1 N–H and O–H groups in total. The number of nitrogens with zero attached hydrogens (tertiary/aromatic N) is 1. The van der Waals surface area contributed by atoms with Gasteiger partial charge in [0, 0.05) is 24.0 Å². The van der Waals surface area contributed by atoms with Crippen LogP contribution in [-0.2, 0) is 4.79 Å². The van der Waals surface area contributed by atoms with E-state index in [0.29, 0.717) is 23.5 Å². The van der Waals surface area contributed by atoms with Gasteiger partial charge in [-0.25, -0.2) is 0 Å². The number of piperidine rings is 1. The Morgan fingerprint density at radius 1 is 1.30 bits per heavy atom. The predicted molar refractivity (Wildman–Crippen MR) is 81.5 cm³/mol. The summed E-state index contributed by atoms with van der Waals surface area (Å²) in [4.78, 5) is 26.1. The van der Waals surface area contributed by atoms with E-state index in [4.69, 9.17) is 11.6 Å². The first-order chi connectivity index (χ1) is 9.61. The lowest BCUT2D eigenvalue weighted by Crippen LogP contribution is -2.46. The molecular formula is C14H17ClN2O2S. The van der Waals surface area contributed by atoms with Gasteiger partial charge in [0.15, 0.2) is 0 Å². The molecule has 6 heteroatoms. The van der Waals surface area contributed by atoms with Crippen molar-refractivity contribution in [2.75, 3.05) is 19.0 Å². The Labute approximate surface area is 128 Å². The number of halogens is 1. The highest BCUT2D eigenvalue weighted by atomic mass is 35.5. The standard InChI is InChI=1S/C14H17ClN2O2S/c15-9-13(18)16-10-5-7-17(8-6-10)14(19)11-3-1-2-4-12(11)20/h1-4,10,20H,5-9H2,(H,16,18). The molecule has 2 amide bonds. The van der Waals surface area contributed by atoms with Gasteiger partial charge in [0.25, 0.3) is 5.91 Å². The van der Waals surface area contributed by atoms with Gasteiger partial charge in [0.05, 0.1) is 5.56 Å². The van der Waals surface area contributed by atoms with Gasteiger partial charge in [-0.15, -0.1) is 24.2 Å². The van der Waals surface area contributed by atoms with E-state index in [1.807, 2.05) is 18.2 Å². The van der Waals surface area contributed by atoms with Crippen molar-refractivity contribution in [1.82, 2.24) is 10.2 Å². The quantitative estimate of drug-likeness (QED) is 0.662. The van der Waals surface area contributed by atoms with Gasteiger partial charge in [-0.2, -0.15) is 0 Å². The molecule has 0 spiro atoms. The zero-order valence-electron chi connectivity index (χ0n) is 11.0. The highest BCUT2D eigenvalue weighted by Crippen LogP contribution is 2.18. The Morgan fingerprint density at radius 3 is 2.55 bits per heavy atom. The fraction of sp³-hybridized carbons (Fsp3) is 0.429. The molecule has 1 fully saturated rings. The van der Waals surface area contributed by atoms with Crippen LogP contribution in [0.3, 0.4) is 0 Å². The van der Waals surface area contributed by atoms with Gasteiger partial charge in [0.1, 0.15) is 5.88 Å². The summed E-state index contributed by atoms with van der Waals surface area (Å²) in [5.74, 6) is -0.179. The summed E-state index contributed by atoms with van der Waals surface area (Å²) >= 11 is 9.78. The number of rotatable bonds is 3. The van der Waals surface area contributed by atoms with Crippen LogP contribution in [0.5, 0.6) is 0 Å². The van der Waals surface area contributed by atoms with E-state index in [2.05, 4.69) is 17.9 Å². The molecule has 2 rings (SSSR count). The maximum absolute atomic E-state index is 12.4. The Balaban J connectivity index is 1.92. The van der Waals surface area contributed by atoms with E-state index < -0.39 is 0 Å². The lowest BCUT2D eigenvalue weighted by molar-refractivity contribution is -0.119. The molecule has 0 unspecified atom stereocenters. The van der Waals surface area contributed by atoms with Crippen molar-refractivity contribution >= 4 is 36.0 Å². The zero-order chi connectivity index (χ0) is 14.5. The third-order valence-corrected chi connectivity index (χ3v) is 4.04. The van der Waals surface area contributed by atoms with Crippen LogP contribution in [0.15, 0.2) is 29.2 Å². The normalized spacial score (nSPS) is 16.0. The second-order valence-corrected chi connectivity index (χ2v) is 5.53. The van der Waals surface area contributed by atoms with Crippen molar-refractivity contribution < 1.29 is 9.59 Å².